The number of aromatic nitrogens is 1. The van der Waals surface area contributed by atoms with Crippen LogP contribution in [-0.4, -0.2) is 17.3 Å². The fourth-order valence-corrected chi connectivity index (χ4v) is 1.42. The van der Waals surface area contributed by atoms with Crippen LogP contribution in [0, 0.1) is 6.92 Å². The SMILES string of the molecule is Cc1ccc(C(C)CCC(=O)NC=O)cn1. The average Bonchev–Trinajstić information content (AvgIpc) is 2.27. The van der Waals surface area contributed by atoms with Gasteiger partial charge in [0.25, 0.3) is 0 Å². The number of amides is 2. The Labute approximate surface area is 95.1 Å². The molecule has 1 rings (SSSR count). The molecule has 1 aromatic rings. The van der Waals surface area contributed by atoms with E-state index < -0.39 is 0 Å². The second kappa shape index (κ2) is 6.00. The van der Waals surface area contributed by atoms with Crippen molar-refractivity contribution in [2.45, 2.75) is 32.6 Å². The summed E-state index contributed by atoms with van der Waals surface area (Å²) in [6.45, 7) is 3.98. The molecule has 0 radical (unpaired) electrons. The maximum absolute atomic E-state index is 11.1. The minimum atomic E-state index is -0.234. The summed E-state index contributed by atoms with van der Waals surface area (Å²) in [5.41, 5.74) is 2.10. The van der Waals surface area contributed by atoms with Gasteiger partial charge in [0.15, 0.2) is 0 Å². The van der Waals surface area contributed by atoms with Crippen LogP contribution in [0.5, 0.6) is 0 Å². The number of imide groups is 1. The Morgan fingerprint density at radius 1 is 1.56 bits per heavy atom. The summed E-state index contributed by atoms with van der Waals surface area (Å²) in [4.78, 5) is 25.3. The number of rotatable bonds is 5. The molecule has 1 atom stereocenters. The van der Waals surface area contributed by atoms with Crippen molar-refractivity contribution in [1.82, 2.24) is 10.3 Å². The maximum Gasteiger partial charge on any atom is 0.226 e. The summed E-state index contributed by atoms with van der Waals surface area (Å²) in [6.07, 6.45) is 3.32. The van der Waals surface area contributed by atoms with Crippen LogP contribution in [-0.2, 0) is 9.59 Å². The third-order valence-corrected chi connectivity index (χ3v) is 2.53. The average molecular weight is 220 g/mol. The minimum Gasteiger partial charge on any atom is -0.299 e. The zero-order valence-corrected chi connectivity index (χ0v) is 9.56. The zero-order chi connectivity index (χ0) is 12.0. The third kappa shape index (κ3) is 3.81. The molecular formula is C12H16N2O2. The Morgan fingerprint density at radius 3 is 2.88 bits per heavy atom. The first kappa shape index (κ1) is 12.4. The van der Waals surface area contributed by atoms with Crippen molar-refractivity contribution in [3.8, 4) is 0 Å². The summed E-state index contributed by atoms with van der Waals surface area (Å²) >= 11 is 0. The first-order chi connectivity index (χ1) is 7.63. The van der Waals surface area contributed by atoms with E-state index in [0.29, 0.717) is 19.3 Å². The molecule has 1 N–H and O–H groups in total. The van der Waals surface area contributed by atoms with Gasteiger partial charge in [-0.25, -0.2) is 0 Å². The number of aryl methyl sites for hydroxylation is 1. The van der Waals surface area contributed by atoms with Crippen LogP contribution in [0.25, 0.3) is 0 Å². The highest BCUT2D eigenvalue weighted by Gasteiger charge is 2.08. The lowest BCUT2D eigenvalue weighted by Gasteiger charge is -2.10. The van der Waals surface area contributed by atoms with Crippen LogP contribution >= 0.6 is 0 Å². The van der Waals surface area contributed by atoms with Gasteiger partial charge in [-0.2, -0.15) is 0 Å². The van der Waals surface area contributed by atoms with E-state index in [1.165, 1.54) is 0 Å². The summed E-state index contributed by atoms with van der Waals surface area (Å²) < 4.78 is 0. The van der Waals surface area contributed by atoms with Crippen LogP contribution in [0.15, 0.2) is 18.3 Å². The largest absolute Gasteiger partial charge is 0.299 e. The number of pyridine rings is 1. The van der Waals surface area contributed by atoms with Crippen molar-refractivity contribution in [1.29, 1.82) is 0 Å². The van der Waals surface area contributed by atoms with Crippen molar-refractivity contribution in [3.05, 3.63) is 29.6 Å². The Morgan fingerprint density at radius 2 is 2.31 bits per heavy atom. The summed E-state index contributed by atoms with van der Waals surface area (Å²) in [6, 6.07) is 3.97. The van der Waals surface area contributed by atoms with Gasteiger partial charge in [-0.3, -0.25) is 19.9 Å². The quantitative estimate of drug-likeness (QED) is 0.766. The molecule has 1 heterocycles. The molecule has 0 saturated carbocycles. The molecule has 4 heteroatoms. The van der Waals surface area contributed by atoms with Gasteiger partial charge in [0.2, 0.25) is 12.3 Å². The number of hydrogen-bond donors (Lipinski definition) is 1. The van der Waals surface area contributed by atoms with E-state index in [4.69, 9.17) is 0 Å². The lowest BCUT2D eigenvalue weighted by atomic mass is 9.97. The first-order valence-corrected chi connectivity index (χ1v) is 5.29. The normalized spacial score (nSPS) is 11.9. The summed E-state index contributed by atoms with van der Waals surface area (Å²) in [7, 11) is 0. The van der Waals surface area contributed by atoms with Crippen LogP contribution < -0.4 is 5.32 Å². The van der Waals surface area contributed by atoms with E-state index in [1.54, 1.807) is 0 Å². The Balaban J connectivity index is 2.46. The van der Waals surface area contributed by atoms with Crippen molar-refractivity contribution in [3.63, 3.8) is 0 Å². The molecule has 0 spiro atoms. The lowest BCUT2D eigenvalue weighted by molar-refractivity contribution is -0.125. The van der Waals surface area contributed by atoms with Crippen molar-refractivity contribution < 1.29 is 9.59 Å². The Hall–Kier alpha value is -1.71. The molecule has 0 aliphatic carbocycles. The van der Waals surface area contributed by atoms with E-state index in [0.717, 1.165) is 11.3 Å². The fraction of sp³-hybridized carbons (Fsp3) is 0.417. The predicted octanol–water partition coefficient (Wildman–Crippen LogP) is 1.55. The van der Waals surface area contributed by atoms with Gasteiger partial charge < -0.3 is 0 Å². The van der Waals surface area contributed by atoms with Gasteiger partial charge in [-0.15, -0.1) is 0 Å². The van der Waals surface area contributed by atoms with Crippen molar-refractivity contribution >= 4 is 12.3 Å². The van der Waals surface area contributed by atoms with Crippen molar-refractivity contribution in [2.75, 3.05) is 0 Å². The van der Waals surface area contributed by atoms with Crippen LogP contribution in [0.3, 0.4) is 0 Å². The third-order valence-electron chi connectivity index (χ3n) is 2.53. The highest BCUT2D eigenvalue weighted by molar-refractivity contribution is 5.85. The van der Waals surface area contributed by atoms with E-state index in [9.17, 15) is 9.59 Å². The molecule has 86 valence electrons. The van der Waals surface area contributed by atoms with Gasteiger partial charge in [-0.1, -0.05) is 13.0 Å². The van der Waals surface area contributed by atoms with Crippen LogP contribution in [0.4, 0.5) is 0 Å². The van der Waals surface area contributed by atoms with E-state index in [1.807, 2.05) is 32.2 Å². The standard InChI is InChI=1S/C12H16N2O2/c1-9(3-6-12(16)14-8-15)11-5-4-10(2)13-7-11/h4-5,7-9H,3,6H2,1-2H3,(H,14,15,16). The molecule has 4 nitrogen and oxygen atoms in total. The molecule has 16 heavy (non-hydrogen) atoms. The topological polar surface area (TPSA) is 59.1 Å². The molecule has 0 aliphatic rings. The van der Waals surface area contributed by atoms with Crippen molar-refractivity contribution in [2.24, 2.45) is 0 Å². The van der Waals surface area contributed by atoms with Crippen LogP contribution in [0.1, 0.15) is 36.9 Å². The highest BCUT2D eigenvalue weighted by Crippen LogP contribution is 2.19. The lowest BCUT2D eigenvalue weighted by Crippen LogP contribution is -2.21. The maximum atomic E-state index is 11.1. The first-order valence-electron chi connectivity index (χ1n) is 5.29. The van der Waals surface area contributed by atoms with E-state index in [2.05, 4.69) is 10.3 Å². The van der Waals surface area contributed by atoms with E-state index in [-0.39, 0.29) is 11.8 Å². The van der Waals surface area contributed by atoms with E-state index >= 15 is 0 Å². The number of hydrogen-bond acceptors (Lipinski definition) is 3. The molecule has 1 aromatic heterocycles. The smallest absolute Gasteiger partial charge is 0.226 e. The highest BCUT2D eigenvalue weighted by atomic mass is 16.2. The number of nitrogens with one attached hydrogen (secondary N) is 1. The van der Waals surface area contributed by atoms with Gasteiger partial charge >= 0.3 is 0 Å². The number of nitrogens with zero attached hydrogens (tertiary/aromatic N) is 1. The molecule has 0 fully saturated rings. The monoisotopic (exact) mass is 220 g/mol. The van der Waals surface area contributed by atoms with Gasteiger partial charge in [0, 0.05) is 18.3 Å². The molecular weight excluding hydrogens is 204 g/mol. The number of carbonyl (C=O) groups excluding carboxylic acids is 2. The van der Waals surface area contributed by atoms with Gasteiger partial charge in [-0.05, 0) is 30.9 Å². The Bertz CT molecular complexity index is 360. The van der Waals surface area contributed by atoms with Crippen LogP contribution in [0.2, 0.25) is 0 Å². The molecule has 1 unspecified atom stereocenters. The van der Waals surface area contributed by atoms with Gasteiger partial charge in [0.05, 0.1) is 0 Å². The molecule has 0 saturated heterocycles. The number of carbonyl (C=O) groups is 2. The summed E-state index contributed by atoms with van der Waals surface area (Å²) in [5.74, 6) is 0.0347. The Kier molecular flexibility index (Phi) is 4.64. The molecule has 0 bridgehead atoms. The molecule has 0 aromatic carbocycles. The zero-order valence-electron chi connectivity index (χ0n) is 9.56. The minimum absolute atomic E-state index is 0.234. The summed E-state index contributed by atoms with van der Waals surface area (Å²) in [5, 5.41) is 2.13. The predicted molar refractivity (Wildman–Crippen MR) is 60.8 cm³/mol. The second-order valence-electron chi connectivity index (χ2n) is 3.86. The fourth-order valence-electron chi connectivity index (χ4n) is 1.42. The second-order valence-corrected chi connectivity index (χ2v) is 3.86. The van der Waals surface area contributed by atoms with Gasteiger partial charge in [0.1, 0.15) is 0 Å². The molecule has 2 amide bonds. The molecule has 0 aliphatic heterocycles.